The number of carbonyl (C=O) groups excluding carboxylic acids is 1. The fourth-order valence-corrected chi connectivity index (χ4v) is 2.50. The summed E-state index contributed by atoms with van der Waals surface area (Å²) in [7, 11) is 0. The van der Waals surface area contributed by atoms with Crippen LogP contribution in [0, 0.1) is 0 Å². The molecule has 2 aromatic rings. The maximum atomic E-state index is 12.6. The van der Waals surface area contributed by atoms with Gasteiger partial charge in [-0.1, -0.05) is 12.1 Å². The quantitative estimate of drug-likeness (QED) is 0.931. The molecule has 8 heteroatoms. The van der Waals surface area contributed by atoms with Crippen LogP contribution in [0.4, 0.5) is 24.8 Å². The van der Waals surface area contributed by atoms with Crippen LogP contribution in [-0.2, 0) is 17.5 Å². The molecular weight excluding hydrogens is 321 g/mol. The molecule has 126 valence electrons. The molecule has 0 atom stereocenters. The largest absolute Gasteiger partial charge is 0.433 e. The molecule has 2 heterocycles. The highest BCUT2D eigenvalue weighted by Gasteiger charge is 2.32. The zero-order valence-corrected chi connectivity index (χ0v) is 12.7. The van der Waals surface area contributed by atoms with E-state index in [1.54, 1.807) is 4.90 Å². The van der Waals surface area contributed by atoms with Crippen molar-refractivity contribution in [1.29, 1.82) is 0 Å². The third-order valence-corrected chi connectivity index (χ3v) is 3.72. The molecule has 3 rings (SSSR count). The summed E-state index contributed by atoms with van der Waals surface area (Å²) in [4.78, 5) is 20.7. The van der Waals surface area contributed by atoms with E-state index in [2.05, 4.69) is 15.3 Å². The summed E-state index contributed by atoms with van der Waals surface area (Å²) in [5.74, 6) is 0.0295. The first-order valence-electron chi connectivity index (χ1n) is 7.47. The Kier molecular flexibility index (Phi) is 4.37. The molecule has 1 saturated heterocycles. The van der Waals surface area contributed by atoms with E-state index in [4.69, 9.17) is 0 Å². The first-order chi connectivity index (χ1) is 11.4. The molecule has 1 aliphatic heterocycles. The molecule has 1 N–H and O–H groups in total. The normalized spacial score (nSPS) is 15.0. The van der Waals surface area contributed by atoms with E-state index in [0.717, 1.165) is 29.9 Å². The Morgan fingerprint density at radius 3 is 2.54 bits per heavy atom. The van der Waals surface area contributed by atoms with Crippen molar-refractivity contribution in [3.63, 3.8) is 0 Å². The van der Waals surface area contributed by atoms with Crippen molar-refractivity contribution in [2.75, 3.05) is 16.8 Å². The lowest BCUT2D eigenvalue weighted by atomic mass is 10.2. The number of nitrogens with zero attached hydrogens (tertiary/aromatic N) is 3. The first kappa shape index (κ1) is 16.2. The highest BCUT2D eigenvalue weighted by Crippen LogP contribution is 2.27. The molecule has 1 fully saturated rings. The number of hydrogen-bond donors (Lipinski definition) is 1. The molecule has 0 saturated carbocycles. The van der Waals surface area contributed by atoms with E-state index in [1.807, 2.05) is 24.3 Å². The van der Waals surface area contributed by atoms with Crippen LogP contribution >= 0.6 is 0 Å². The van der Waals surface area contributed by atoms with Gasteiger partial charge in [-0.25, -0.2) is 9.97 Å². The van der Waals surface area contributed by atoms with Crippen molar-refractivity contribution >= 4 is 17.5 Å². The molecule has 24 heavy (non-hydrogen) atoms. The highest BCUT2D eigenvalue weighted by atomic mass is 19.4. The fourth-order valence-electron chi connectivity index (χ4n) is 2.50. The predicted molar refractivity (Wildman–Crippen MR) is 82.4 cm³/mol. The van der Waals surface area contributed by atoms with Crippen LogP contribution in [0.15, 0.2) is 36.5 Å². The van der Waals surface area contributed by atoms with Gasteiger partial charge in [-0.05, 0) is 30.2 Å². The van der Waals surface area contributed by atoms with Gasteiger partial charge in [0.2, 0.25) is 11.9 Å². The predicted octanol–water partition coefficient (Wildman–Crippen LogP) is 3.23. The van der Waals surface area contributed by atoms with Gasteiger partial charge in [0, 0.05) is 31.4 Å². The summed E-state index contributed by atoms with van der Waals surface area (Å²) in [6, 6.07) is 8.12. The monoisotopic (exact) mass is 336 g/mol. The highest BCUT2D eigenvalue weighted by molar-refractivity contribution is 5.95. The third kappa shape index (κ3) is 3.64. The van der Waals surface area contributed by atoms with Crippen molar-refractivity contribution in [3.8, 4) is 0 Å². The van der Waals surface area contributed by atoms with Crippen LogP contribution in [0.2, 0.25) is 0 Å². The van der Waals surface area contributed by atoms with Gasteiger partial charge in [-0.3, -0.25) is 4.79 Å². The number of carbonyl (C=O) groups is 1. The van der Waals surface area contributed by atoms with Gasteiger partial charge < -0.3 is 10.2 Å². The number of benzene rings is 1. The van der Waals surface area contributed by atoms with Gasteiger partial charge in [-0.15, -0.1) is 0 Å². The SMILES string of the molecule is O=C1CCCN1c1ccc(CNc2nccc(C(F)(F)F)n2)cc1. The standard InChI is InChI=1S/C16H15F3N4O/c17-16(18,19)13-7-8-20-15(22-13)21-10-11-3-5-12(6-4-11)23-9-1-2-14(23)24/h3-8H,1-2,9-10H2,(H,20,21,22). The lowest BCUT2D eigenvalue weighted by molar-refractivity contribution is -0.141. The van der Waals surface area contributed by atoms with Crippen molar-refractivity contribution in [3.05, 3.63) is 47.8 Å². The van der Waals surface area contributed by atoms with Gasteiger partial charge in [0.05, 0.1) is 0 Å². The summed E-state index contributed by atoms with van der Waals surface area (Å²) in [6.07, 6.45) is -2.01. The molecule has 1 aliphatic rings. The van der Waals surface area contributed by atoms with E-state index in [1.165, 1.54) is 0 Å². The number of alkyl halides is 3. The van der Waals surface area contributed by atoms with E-state index in [9.17, 15) is 18.0 Å². The third-order valence-electron chi connectivity index (χ3n) is 3.72. The number of aromatic nitrogens is 2. The Morgan fingerprint density at radius 2 is 1.92 bits per heavy atom. The van der Waals surface area contributed by atoms with Crippen molar-refractivity contribution in [1.82, 2.24) is 9.97 Å². The Labute approximate surface area is 136 Å². The molecule has 0 bridgehead atoms. The average molecular weight is 336 g/mol. The van der Waals surface area contributed by atoms with E-state index in [-0.39, 0.29) is 18.4 Å². The molecule has 5 nitrogen and oxygen atoms in total. The van der Waals surface area contributed by atoms with E-state index < -0.39 is 11.9 Å². The minimum Gasteiger partial charge on any atom is -0.350 e. The fraction of sp³-hybridized carbons (Fsp3) is 0.312. The minimum atomic E-state index is -4.50. The number of hydrogen-bond acceptors (Lipinski definition) is 4. The molecule has 1 aromatic carbocycles. The molecule has 0 aliphatic carbocycles. The number of anilines is 2. The smallest absolute Gasteiger partial charge is 0.350 e. The van der Waals surface area contributed by atoms with Crippen LogP contribution in [0.5, 0.6) is 0 Å². The Balaban J connectivity index is 1.64. The Morgan fingerprint density at radius 1 is 1.17 bits per heavy atom. The lowest BCUT2D eigenvalue weighted by Crippen LogP contribution is -2.23. The van der Waals surface area contributed by atoms with Gasteiger partial charge in [-0.2, -0.15) is 13.2 Å². The van der Waals surface area contributed by atoms with Crippen LogP contribution in [0.3, 0.4) is 0 Å². The number of amides is 1. The Hall–Kier alpha value is -2.64. The summed E-state index contributed by atoms with van der Waals surface area (Å²) in [5.41, 5.74) is 0.700. The second kappa shape index (κ2) is 6.46. The summed E-state index contributed by atoms with van der Waals surface area (Å²) in [6.45, 7) is 1.00. The van der Waals surface area contributed by atoms with Crippen molar-refractivity contribution in [2.24, 2.45) is 0 Å². The zero-order valence-electron chi connectivity index (χ0n) is 12.7. The number of halogens is 3. The number of rotatable bonds is 4. The van der Waals surface area contributed by atoms with Crippen molar-refractivity contribution < 1.29 is 18.0 Å². The van der Waals surface area contributed by atoms with Gasteiger partial charge in [0.1, 0.15) is 5.69 Å². The number of nitrogens with one attached hydrogen (secondary N) is 1. The molecular formula is C16H15F3N4O. The maximum absolute atomic E-state index is 12.6. The molecule has 1 aromatic heterocycles. The zero-order chi connectivity index (χ0) is 17.2. The Bertz CT molecular complexity index is 731. The maximum Gasteiger partial charge on any atom is 0.433 e. The van der Waals surface area contributed by atoms with Gasteiger partial charge in [0.15, 0.2) is 0 Å². The van der Waals surface area contributed by atoms with Crippen LogP contribution in [-0.4, -0.2) is 22.4 Å². The van der Waals surface area contributed by atoms with Crippen molar-refractivity contribution in [2.45, 2.75) is 25.6 Å². The lowest BCUT2D eigenvalue weighted by Gasteiger charge is -2.16. The summed E-state index contributed by atoms with van der Waals surface area (Å²) < 4.78 is 37.8. The van der Waals surface area contributed by atoms with Gasteiger partial charge >= 0.3 is 6.18 Å². The topological polar surface area (TPSA) is 58.1 Å². The van der Waals surface area contributed by atoms with E-state index >= 15 is 0 Å². The minimum absolute atomic E-state index is 0.0800. The molecule has 0 spiro atoms. The van der Waals surface area contributed by atoms with Crippen LogP contribution in [0.1, 0.15) is 24.1 Å². The molecule has 1 amide bonds. The second-order valence-electron chi connectivity index (χ2n) is 5.43. The summed E-state index contributed by atoms with van der Waals surface area (Å²) in [5, 5.41) is 2.77. The van der Waals surface area contributed by atoms with Gasteiger partial charge in [0.25, 0.3) is 0 Å². The van der Waals surface area contributed by atoms with Crippen LogP contribution < -0.4 is 10.2 Å². The first-order valence-corrected chi connectivity index (χ1v) is 7.47. The average Bonchev–Trinajstić information content (AvgIpc) is 2.99. The van der Waals surface area contributed by atoms with Crippen LogP contribution in [0.25, 0.3) is 0 Å². The summed E-state index contributed by atoms with van der Waals surface area (Å²) >= 11 is 0. The second-order valence-corrected chi connectivity index (χ2v) is 5.43. The van der Waals surface area contributed by atoms with E-state index in [0.29, 0.717) is 13.0 Å². The molecule has 0 radical (unpaired) electrons. The molecule has 0 unspecified atom stereocenters.